The number of anilines is 3. The number of hydrogen-bond acceptors (Lipinski definition) is 2. The van der Waals surface area contributed by atoms with Crippen molar-refractivity contribution >= 4 is 27.8 Å². The largest absolute Gasteiger partial charge is 0.310 e. The van der Waals surface area contributed by atoms with Crippen molar-refractivity contribution in [3.05, 3.63) is 187 Å². The van der Waals surface area contributed by atoms with Crippen LogP contribution in [0.3, 0.4) is 0 Å². The number of para-hydroxylation sites is 1. The van der Waals surface area contributed by atoms with Crippen LogP contribution >= 0.6 is 0 Å². The van der Waals surface area contributed by atoms with E-state index >= 15 is 0 Å². The Labute approximate surface area is 292 Å². The predicted molar refractivity (Wildman–Crippen MR) is 209 cm³/mol. The maximum atomic E-state index is 9.69. The van der Waals surface area contributed by atoms with Gasteiger partial charge in [0.1, 0.15) is 0 Å². The molecule has 0 spiro atoms. The van der Waals surface area contributed by atoms with E-state index in [9.17, 15) is 5.26 Å². The Hall–Kier alpha value is -6.69. The zero-order chi connectivity index (χ0) is 33.6. The summed E-state index contributed by atoms with van der Waals surface area (Å²) in [6.07, 6.45) is 0. The van der Waals surface area contributed by atoms with Crippen LogP contribution in [0.25, 0.3) is 66.4 Å². The van der Waals surface area contributed by atoms with Crippen molar-refractivity contribution < 1.29 is 0 Å². The zero-order valence-corrected chi connectivity index (χ0v) is 27.6. The van der Waals surface area contributed by atoms with Gasteiger partial charge in [-0.3, -0.25) is 0 Å². The molecule has 0 heterocycles. The molecular weight excluding hydrogens is 605 g/mol. The van der Waals surface area contributed by atoms with Gasteiger partial charge in [-0.2, -0.15) is 5.26 Å². The van der Waals surface area contributed by atoms with Crippen LogP contribution in [0, 0.1) is 18.3 Å². The molecule has 0 saturated heterocycles. The van der Waals surface area contributed by atoms with Crippen LogP contribution in [0.15, 0.2) is 176 Å². The fourth-order valence-corrected chi connectivity index (χ4v) is 7.54. The first-order valence-corrected chi connectivity index (χ1v) is 17.0. The molecule has 0 radical (unpaired) electrons. The maximum absolute atomic E-state index is 9.69. The highest BCUT2D eigenvalue weighted by Gasteiger charge is 2.22. The molecule has 1 aliphatic carbocycles. The van der Waals surface area contributed by atoms with Crippen LogP contribution in [0.1, 0.15) is 11.1 Å². The molecule has 8 aromatic carbocycles. The Morgan fingerprint density at radius 2 is 1.00 bits per heavy atom. The van der Waals surface area contributed by atoms with Crippen LogP contribution in [0.5, 0.6) is 0 Å². The lowest BCUT2D eigenvalue weighted by atomic mass is 9.94. The van der Waals surface area contributed by atoms with Crippen molar-refractivity contribution in [2.75, 3.05) is 4.90 Å². The molecule has 0 N–H and O–H groups in total. The Bertz CT molecular complexity index is 2580. The van der Waals surface area contributed by atoms with E-state index < -0.39 is 0 Å². The number of benzene rings is 8. The Kier molecular flexibility index (Phi) is 7.12. The van der Waals surface area contributed by atoms with Gasteiger partial charge < -0.3 is 4.90 Å². The maximum Gasteiger partial charge on any atom is 0.0991 e. The smallest absolute Gasteiger partial charge is 0.0991 e. The van der Waals surface area contributed by atoms with Crippen molar-refractivity contribution in [3.8, 4) is 61.7 Å². The predicted octanol–water partition coefficient (Wildman–Crippen LogP) is 13.1. The number of aryl methyl sites for hydroxylation is 1. The molecule has 0 fully saturated rings. The average molecular weight is 637 g/mol. The summed E-state index contributed by atoms with van der Waals surface area (Å²) >= 11 is 0. The monoisotopic (exact) mass is 636 g/mol. The van der Waals surface area contributed by atoms with Crippen molar-refractivity contribution in [1.82, 2.24) is 0 Å². The molecular formula is C48H32N2. The van der Waals surface area contributed by atoms with E-state index in [1.807, 2.05) is 18.2 Å². The van der Waals surface area contributed by atoms with Crippen molar-refractivity contribution in [2.45, 2.75) is 6.92 Å². The molecule has 1 aliphatic rings. The molecule has 50 heavy (non-hydrogen) atoms. The van der Waals surface area contributed by atoms with Gasteiger partial charge in [0, 0.05) is 17.1 Å². The first-order valence-electron chi connectivity index (χ1n) is 17.0. The van der Waals surface area contributed by atoms with E-state index in [1.165, 1.54) is 49.7 Å². The lowest BCUT2D eigenvalue weighted by Gasteiger charge is -2.27. The van der Waals surface area contributed by atoms with Crippen molar-refractivity contribution in [1.29, 1.82) is 5.26 Å². The fourth-order valence-electron chi connectivity index (χ4n) is 7.54. The highest BCUT2D eigenvalue weighted by molar-refractivity contribution is 6.18. The summed E-state index contributed by atoms with van der Waals surface area (Å²) in [6.45, 7) is 2.13. The summed E-state index contributed by atoms with van der Waals surface area (Å²) in [4.78, 5) is 2.32. The van der Waals surface area contributed by atoms with E-state index in [2.05, 4.69) is 176 Å². The van der Waals surface area contributed by atoms with E-state index in [4.69, 9.17) is 0 Å². The third-order valence-electron chi connectivity index (χ3n) is 9.85. The van der Waals surface area contributed by atoms with E-state index in [0.29, 0.717) is 5.56 Å². The standard InChI is InChI=1S/C48H32N2/c1-32-10-7-12-35(26-32)37-28-38(36-13-8-11-33(27-36)31-49)30-41(29-37)50(39-14-3-2-4-15-39)40-22-20-34(21-23-40)42-24-25-47-44-17-6-5-16-43(44)46-19-9-18-45(42)48(46)47/h2-30H,1H3. The Balaban J connectivity index is 1.19. The van der Waals surface area contributed by atoms with Crippen LogP contribution in [0.2, 0.25) is 0 Å². The zero-order valence-electron chi connectivity index (χ0n) is 27.6. The minimum Gasteiger partial charge on any atom is -0.310 e. The second-order valence-electron chi connectivity index (χ2n) is 13.0. The van der Waals surface area contributed by atoms with Gasteiger partial charge in [-0.1, -0.05) is 127 Å². The Morgan fingerprint density at radius 1 is 0.400 bits per heavy atom. The van der Waals surface area contributed by atoms with Crippen LogP contribution in [-0.2, 0) is 0 Å². The molecule has 234 valence electrons. The number of nitrogens with zero attached hydrogens (tertiary/aromatic N) is 2. The Morgan fingerprint density at radius 3 is 1.72 bits per heavy atom. The van der Waals surface area contributed by atoms with Gasteiger partial charge in [-0.15, -0.1) is 0 Å². The highest BCUT2D eigenvalue weighted by Crippen LogP contribution is 2.49. The van der Waals surface area contributed by atoms with Gasteiger partial charge in [-0.25, -0.2) is 0 Å². The molecule has 0 aliphatic heterocycles. The molecule has 0 aromatic heterocycles. The molecule has 2 heteroatoms. The number of rotatable bonds is 6. The molecule has 9 rings (SSSR count). The van der Waals surface area contributed by atoms with Gasteiger partial charge in [0.15, 0.2) is 0 Å². The summed E-state index contributed by atoms with van der Waals surface area (Å²) in [5.41, 5.74) is 17.0. The van der Waals surface area contributed by atoms with Crippen molar-refractivity contribution in [2.24, 2.45) is 0 Å². The molecule has 0 atom stereocenters. The third-order valence-corrected chi connectivity index (χ3v) is 9.85. The van der Waals surface area contributed by atoms with Crippen LogP contribution < -0.4 is 4.90 Å². The van der Waals surface area contributed by atoms with E-state index in [1.54, 1.807) is 0 Å². The molecule has 8 aromatic rings. The summed E-state index contributed by atoms with van der Waals surface area (Å²) in [6, 6.07) is 65.0. The minimum atomic E-state index is 0.646. The topological polar surface area (TPSA) is 27.0 Å². The summed E-state index contributed by atoms with van der Waals surface area (Å²) in [5, 5.41) is 12.3. The van der Waals surface area contributed by atoms with E-state index in [-0.39, 0.29) is 0 Å². The fraction of sp³-hybridized carbons (Fsp3) is 0.0208. The molecule has 0 saturated carbocycles. The number of hydrogen-bond donors (Lipinski definition) is 0. The lowest BCUT2D eigenvalue weighted by Crippen LogP contribution is -2.10. The number of fused-ring (bicyclic) bond motifs is 3. The SMILES string of the molecule is Cc1cccc(-c2cc(-c3cccc(C#N)c3)cc(N(c3ccccc3)c3ccc(-c4ccc5c6c(cccc46)-c4ccccc4-5)cc3)c2)c1. The minimum absolute atomic E-state index is 0.646. The van der Waals surface area contributed by atoms with Gasteiger partial charge in [0.05, 0.1) is 11.6 Å². The summed E-state index contributed by atoms with van der Waals surface area (Å²) in [7, 11) is 0. The third kappa shape index (κ3) is 5.05. The van der Waals surface area contributed by atoms with Crippen LogP contribution in [-0.4, -0.2) is 0 Å². The normalized spacial score (nSPS) is 11.3. The van der Waals surface area contributed by atoms with Crippen LogP contribution in [0.4, 0.5) is 17.1 Å². The highest BCUT2D eigenvalue weighted by atomic mass is 15.1. The second-order valence-corrected chi connectivity index (χ2v) is 13.0. The summed E-state index contributed by atoms with van der Waals surface area (Å²) in [5.74, 6) is 0. The average Bonchev–Trinajstić information content (AvgIpc) is 3.50. The van der Waals surface area contributed by atoms with Gasteiger partial charge in [0.25, 0.3) is 0 Å². The van der Waals surface area contributed by atoms with Gasteiger partial charge >= 0.3 is 0 Å². The molecule has 2 nitrogen and oxygen atoms in total. The first kappa shape index (κ1) is 29.4. The van der Waals surface area contributed by atoms with Gasteiger partial charge in [0.2, 0.25) is 0 Å². The molecule has 0 unspecified atom stereocenters. The second kappa shape index (κ2) is 12.1. The number of nitriles is 1. The first-order chi connectivity index (χ1) is 24.6. The quantitative estimate of drug-likeness (QED) is 0.182. The molecule has 0 amide bonds. The van der Waals surface area contributed by atoms with E-state index in [0.717, 1.165) is 39.3 Å². The van der Waals surface area contributed by atoms with Crippen molar-refractivity contribution in [3.63, 3.8) is 0 Å². The lowest BCUT2D eigenvalue weighted by molar-refractivity contribution is 1.28. The summed E-state index contributed by atoms with van der Waals surface area (Å²) < 4.78 is 0. The molecule has 0 bridgehead atoms. The van der Waals surface area contributed by atoms with Gasteiger partial charge in [-0.05, 0) is 128 Å².